The van der Waals surface area contributed by atoms with E-state index in [1.807, 2.05) is 0 Å². The third kappa shape index (κ3) is 3.16. The first-order valence-corrected chi connectivity index (χ1v) is 7.79. The van der Waals surface area contributed by atoms with Crippen molar-refractivity contribution in [2.24, 2.45) is 17.8 Å². The first-order valence-electron chi connectivity index (χ1n) is 7.00. The second kappa shape index (κ2) is 5.49. The van der Waals surface area contributed by atoms with Gasteiger partial charge in [0, 0.05) is 12.1 Å². The molecule has 0 unspecified atom stereocenters. The van der Waals surface area contributed by atoms with Crippen molar-refractivity contribution in [2.45, 2.75) is 32.2 Å². The molecule has 2 saturated carbocycles. The van der Waals surface area contributed by atoms with Crippen molar-refractivity contribution >= 4 is 15.9 Å². The molecule has 2 aliphatic rings. The Hall–Kier alpha value is -0.480. The molecule has 0 amide bonds. The van der Waals surface area contributed by atoms with Crippen LogP contribution in [0.25, 0.3) is 0 Å². The van der Waals surface area contributed by atoms with Gasteiger partial charge in [-0.2, -0.15) is 0 Å². The van der Waals surface area contributed by atoms with Crippen LogP contribution < -0.4 is 5.32 Å². The Labute approximate surface area is 120 Å². The fourth-order valence-corrected chi connectivity index (χ4v) is 3.23. The number of nitrogens with one attached hydrogen (secondary N) is 1. The lowest BCUT2D eigenvalue weighted by Gasteiger charge is -2.16. The third-order valence-electron chi connectivity index (χ3n) is 4.28. The molecule has 0 aliphatic heterocycles. The second-order valence-electron chi connectivity index (χ2n) is 5.79. The maximum atomic E-state index is 13.8. The number of hydrogen-bond acceptors (Lipinski definition) is 1. The van der Waals surface area contributed by atoms with Gasteiger partial charge in [-0.05, 0) is 78.0 Å². The number of halogens is 3. The summed E-state index contributed by atoms with van der Waals surface area (Å²) in [6.45, 7) is 1.16. The van der Waals surface area contributed by atoms with Gasteiger partial charge in [0.25, 0.3) is 0 Å². The van der Waals surface area contributed by atoms with Gasteiger partial charge < -0.3 is 5.32 Å². The van der Waals surface area contributed by atoms with Crippen LogP contribution in [0.5, 0.6) is 0 Å². The third-order valence-corrected chi connectivity index (χ3v) is 4.89. The molecule has 4 heteroatoms. The molecule has 0 spiro atoms. The molecule has 0 bridgehead atoms. The molecule has 1 N–H and O–H groups in total. The summed E-state index contributed by atoms with van der Waals surface area (Å²) in [6.07, 6.45) is 5.34. The van der Waals surface area contributed by atoms with Gasteiger partial charge >= 0.3 is 0 Å². The van der Waals surface area contributed by atoms with E-state index in [2.05, 4.69) is 21.2 Å². The molecule has 2 aliphatic carbocycles. The van der Waals surface area contributed by atoms with Gasteiger partial charge in [0.1, 0.15) is 11.6 Å². The zero-order chi connectivity index (χ0) is 13.4. The highest BCUT2D eigenvalue weighted by Crippen LogP contribution is 2.48. The van der Waals surface area contributed by atoms with E-state index in [-0.39, 0.29) is 12.1 Å². The molecule has 0 aromatic heterocycles. The van der Waals surface area contributed by atoms with Gasteiger partial charge in [0.2, 0.25) is 0 Å². The Morgan fingerprint density at radius 2 is 1.79 bits per heavy atom. The van der Waals surface area contributed by atoms with Crippen LogP contribution in [-0.2, 0) is 6.54 Å². The van der Waals surface area contributed by atoms with Crippen molar-refractivity contribution in [1.29, 1.82) is 0 Å². The standard InChI is InChI=1S/C15H18BrF2N/c16-13-5-6-14(17)12(15(13)18)8-19-7-11(9-1-2-9)10-3-4-10/h5-6,9-11,19H,1-4,7-8H2. The van der Waals surface area contributed by atoms with Crippen LogP contribution >= 0.6 is 15.9 Å². The highest BCUT2D eigenvalue weighted by atomic mass is 79.9. The molecule has 1 nitrogen and oxygen atoms in total. The average Bonchev–Trinajstić information content (AvgIpc) is 3.26. The van der Waals surface area contributed by atoms with Crippen LogP contribution in [0.15, 0.2) is 16.6 Å². The molecular weight excluding hydrogens is 312 g/mol. The van der Waals surface area contributed by atoms with Crippen molar-refractivity contribution in [3.8, 4) is 0 Å². The molecule has 1 aromatic rings. The minimum atomic E-state index is -0.484. The lowest BCUT2D eigenvalue weighted by Crippen LogP contribution is -2.26. The van der Waals surface area contributed by atoms with Gasteiger partial charge in [0.05, 0.1) is 4.47 Å². The minimum Gasteiger partial charge on any atom is -0.312 e. The van der Waals surface area contributed by atoms with Crippen LogP contribution in [-0.4, -0.2) is 6.54 Å². The van der Waals surface area contributed by atoms with Gasteiger partial charge in [-0.3, -0.25) is 0 Å². The van der Waals surface area contributed by atoms with E-state index in [9.17, 15) is 8.78 Å². The first-order chi connectivity index (χ1) is 9.16. The Morgan fingerprint density at radius 1 is 1.16 bits per heavy atom. The van der Waals surface area contributed by atoms with Crippen molar-refractivity contribution in [3.05, 3.63) is 33.8 Å². The molecule has 19 heavy (non-hydrogen) atoms. The summed E-state index contributed by atoms with van der Waals surface area (Å²) in [5.74, 6) is 1.48. The van der Waals surface area contributed by atoms with E-state index < -0.39 is 11.6 Å². The van der Waals surface area contributed by atoms with Crippen molar-refractivity contribution < 1.29 is 8.78 Å². The van der Waals surface area contributed by atoms with Crippen molar-refractivity contribution in [3.63, 3.8) is 0 Å². The van der Waals surface area contributed by atoms with E-state index in [1.54, 1.807) is 0 Å². The normalized spacial score (nSPS) is 19.2. The summed E-state index contributed by atoms with van der Waals surface area (Å²) in [5, 5.41) is 3.25. The summed E-state index contributed by atoms with van der Waals surface area (Å²) < 4.78 is 27.7. The Bertz CT molecular complexity index is 457. The van der Waals surface area contributed by atoms with E-state index >= 15 is 0 Å². The highest BCUT2D eigenvalue weighted by Gasteiger charge is 2.40. The summed E-state index contributed by atoms with van der Waals surface area (Å²) in [6, 6.07) is 2.72. The lowest BCUT2D eigenvalue weighted by atomic mass is 9.98. The van der Waals surface area contributed by atoms with Gasteiger partial charge in [-0.1, -0.05) is 0 Å². The van der Waals surface area contributed by atoms with Gasteiger partial charge in [0.15, 0.2) is 0 Å². The second-order valence-corrected chi connectivity index (χ2v) is 6.65. The Kier molecular flexibility index (Phi) is 3.90. The average molecular weight is 330 g/mol. The highest BCUT2D eigenvalue weighted by molar-refractivity contribution is 9.10. The number of hydrogen-bond donors (Lipinski definition) is 1. The summed E-state index contributed by atoms with van der Waals surface area (Å²) in [5.41, 5.74) is 0.139. The lowest BCUT2D eigenvalue weighted by molar-refractivity contribution is 0.375. The van der Waals surface area contributed by atoms with Crippen LogP contribution in [0.1, 0.15) is 31.2 Å². The molecule has 104 valence electrons. The number of rotatable bonds is 6. The van der Waals surface area contributed by atoms with Crippen molar-refractivity contribution in [2.75, 3.05) is 6.54 Å². The molecule has 0 atom stereocenters. The maximum Gasteiger partial charge on any atom is 0.144 e. The molecule has 2 fully saturated rings. The monoisotopic (exact) mass is 329 g/mol. The molecular formula is C15H18BrF2N. The zero-order valence-electron chi connectivity index (χ0n) is 10.8. The SMILES string of the molecule is Fc1ccc(Br)c(F)c1CNCC(C1CC1)C1CC1. The smallest absolute Gasteiger partial charge is 0.144 e. The zero-order valence-corrected chi connectivity index (χ0v) is 12.3. The Morgan fingerprint density at radius 3 is 2.37 bits per heavy atom. The number of benzene rings is 1. The predicted octanol–water partition coefficient (Wildman–Crippen LogP) is 4.25. The summed E-state index contributed by atoms with van der Waals surface area (Å²) in [7, 11) is 0. The first kappa shape index (κ1) is 13.5. The topological polar surface area (TPSA) is 12.0 Å². The molecule has 0 radical (unpaired) electrons. The van der Waals surface area contributed by atoms with E-state index in [1.165, 1.54) is 37.8 Å². The minimum absolute atomic E-state index is 0.139. The van der Waals surface area contributed by atoms with Gasteiger partial charge in [-0.25, -0.2) is 8.78 Å². The van der Waals surface area contributed by atoms with E-state index in [0.29, 0.717) is 4.47 Å². The maximum absolute atomic E-state index is 13.8. The van der Waals surface area contributed by atoms with Gasteiger partial charge in [-0.15, -0.1) is 0 Å². The predicted molar refractivity (Wildman–Crippen MR) is 74.7 cm³/mol. The fourth-order valence-electron chi connectivity index (χ4n) is 2.86. The Balaban J connectivity index is 1.58. The van der Waals surface area contributed by atoms with E-state index in [4.69, 9.17) is 0 Å². The molecule has 3 rings (SSSR count). The van der Waals surface area contributed by atoms with Crippen LogP contribution in [0.4, 0.5) is 8.78 Å². The molecule has 0 heterocycles. The summed E-state index contributed by atoms with van der Waals surface area (Å²) >= 11 is 3.10. The molecule has 0 saturated heterocycles. The molecule has 1 aromatic carbocycles. The van der Waals surface area contributed by atoms with E-state index in [0.717, 1.165) is 24.3 Å². The summed E-state index contributed by atoms with van der Waals surface area (Å²) in [4.78, 5) is 0. The largest absolute Gasteiger partial charge is 0.312 e. The van der Waals surface area contributed by atoms with Crippen LogP contribution in [0.3, 0.4) is 0 Å². The van der Waals surface area contributed by atoms with Crippen LogP contribution in [0, 0.1) is 29.4 Å². The fraction of sp³-hybridized carbons (Fsp3) is 0.600. The van der Waals surface area contributed by atoms with Crippen molar-refractivity contribution in [1.82, 2.24) is 5.32 Å². The van der Waals surface area contributed by atoms with Crippen LogP contribution in [0.2, 0.25) is 0 Å². The quantitative estimate of drug-likeness (QED) is 0.769.